The van der Waals surface area contributed by atoms with Crippen LogP contribution in [0.5, 0.6) is 0 Å². The van der Waals surface area contributed by atoms with Crippen LogP contribution in [0, 0.1) is 17.1 Å². The van der Waals surface area contributed by atoms with Gasteiger partial charge in [0.1, 0.15) is 5.82 Å². The SMILES string of the molecule is N#Cc1cc(F)cc(CN2CCCC(O)C2)c1. The Kier molecular flexibility index (Phi) is 3.72. The van der Waals surface area contributed by atoms with E-state index in [-0.39, 0.29) is 11.9 Å². The van der Waals surface area contributed by atoms with Crippen molar-refractivity contribution in [2.45, 2.75) is 25.5 Å². The molecule has 1 atom stereocenters. The molecule has 0 radical (unpaired) electrons. The number of aliphatic hydroxyl groups is 1. The summed E-state index contributed by atoms with van der Waals surface area (Å²) in [4.78, 5) is 2.09. The molecule has 1 N–H and O–H groups in total. The van der Waals surface area contributed by atoms with Crippen LogP contribution < -0.4 is 0 Å². The summed E-state index contributed by atoms with van der Waals surface area (Å²) in [6, 6.07) is 6.32. The maximum Gasteiger partial charge on any atom is 0.124 e. The second-order valence-electron chi connectivity index (χ2n) is 4.49. The highest BCUT2D eigenvalue weighted by atomic mass is 19.1. The molecule has 1 aliphatic rings. The van der Waals surface area contributed by atoms with Gasteiger partial charge in [0.15, 0.2) is 0 Å². The lowest BCUT2D eigenvalue weighted by Gasteiger charge is -2.29. The molecule has 0 spiro atoms. The van der Waals surface area contributed by atoms with Crippen LogP contribution in [0.4, 0.5) is 4.39 Å². The van der Waals surface area contributed by atoms with Gasteiger partial charge in [-0.3, -0.25) is 4.90 Å². The van der Waals surface area contributed by atoms with Gasteiger partial charge in [0.25, 0.3) is 0 Å². The van der Waals surface area contributed by atoms with E-state index in [0.717, 1.165) is 24.9 Å². The third-order valence-corrected chi connectivity index (χ3v) is 2.97. The lowest BCUT2D eigenvalue weighted by Crippen LogP contribution is -2.37. The van der Waals surface area contributed by atoms with Gasteiger partial charge in [0.2, 0.25) is 0 Å². The Morgan fingerprint density at radius 1 is 1.47 bits per heavy atom. The molecule has 4 heteroatoms. The summed E-state index contributed by atoms with van der Waals surface area (Å²) >= 11 is 0. The van der Waals surface area contributed by atoms with Crippen LogP contribution in [0.1, 0.15) is 24.0 Å². The van der Waals surface area contributed by atoms with Crippen molar-refractivity contribution in [3.63, 3.8) is 0 Å². The fourth-order valence-corrected chi connectivity index (χ4v) is 2.24. The van der Waals surface area contributed by atoms with E-state index in [1.165, 1.54) is 12.1 Å². The Labute approximate surface area is 100 Å². The van der Waals surface area contributed by atoms with Gasteiger partial charge in [-0.15, -0.1) is 0 Å². The number of halogens is 1. The first-order valence-electron chi connectivity index (χ1n) is 5.77. The molecule has 2 rings (SSSR count). The molecular formula is C13H15FN2O. The molecular weight excluding hydrogens is 219 g/mol. The predicted octanol–water partition coefficient (Wildman–Crippen LogP) is 1.65. The van der Waals surface area contributed by atoms with Gasteiger partial charge in [0.05, 0.1) is 17.7 Å². The predicted molar refractivity (Wildman–Crippen MR) is 61.6 cm³/mol. The third-order valence-electron chi connectivity index (χ3n) is 2.97. The molecule has 90 valence electrons. The fraction of sp³-hybridized carbons (Fsp3) is 0.462. The van der Waals surface area contributed by atoms with Gasteiger partial charge in [-0.1, -0.05) is 0 Å². The molecule has 0 saturated carbocycles. The van der Waals surface area contributed by atoms with E-state index in [1.807, 2.05) is 6.07 Å². The van der Waals surface area contributed by atoms with Crippen LogP contribution in [0.3, 0.4) is 0 Å². The number of piperidine rings is 1. The molecule has 17 heavy (non-hydrogen) atoms. The average molecular weight is 234 g/mol. The topological polar surface area (TPSA) is 47.3 Å². The first-order valence-corrected chi connectivity index (χ1v) is 5.77. The molecule has 1 unspecified atom stereocenters. The van der Waals surface area contributed by atoms with Crippen molar-refractivity contribution in [1.29, 1.82) is 5.26 Å². The largest absolute Gasteiger partial charge is 0.392 e. The standard InChI is InChI=1S/C13H15FN2O/c14-12-5-10(7-15)4-11(6-12)8-16-3-1-2-13(17)9-16/h4-6,13,17H,1-3,8-9H2. The van der Waals surface area contributed by atoms with E-state index < -0.39 is 0 Å². The van der Waals surface area contributed by atoms with Crippen LogP contribution >= 0.6 is 0 Å². The van der Waals surface area contributed by atoms with E-state index in [9.17, 15) is 9.50 Å². The number of aliphatic hydroxyl groups excluding tert-OH is 1. The van der Waals surface area contributed by atoms with Gasteiger partial charge >= 0.3 is 0 Å². The van der Waals surface area contributed by atoms with Gasteiger partial charge < -0.3 is 5.11 Å². The van der Waals surface area contributed by atoms with Crippen molar-refractivity contribution >= 4 is 0 Å². The first kappa shape index (κ1) is 12.0. The number of hydrogen-bond acceptors (Lipinski definition) is 3. The summed E-state index contributed by atoms with van der Waals surface area (Å²) in [5.41, 5.74) is 1.13. The molecule has 1 heterocycles. The Bertz CT molecular complexity index is 442. The maximum atomic E-state index is 13.2. The molecule has 0 bridgehead atoms. The summed E-state index contributed by atoms with van der Waals surface area (Å²) in [7, 11) is 0. The Hall–Kier alpha value is -1.44. The Morgan fingerprint density at radius 2 is 2.29 bits per heavy atom. The number of likely N-dealkylation sites (tertiary alicyclic amines) is 1. The molecule has 1 saturated heterocycles. The molecule has 1 aromatic rings. The Balaban J connectivity index is 2.07. The van der Waals surface area contributed by atoms with Crippen molar-refractivity contribution in [3.05, 3.63) is 35.1 Å². The van der Waals surface area contributed by atoms with Crippen LogP contribution in [0.15, 0.2) is 18.2 Å². The highest BCUT2D eigenvalue weighted by Gasteiger charge is 2.17. The number of nitriles is 1. The van der Waals surface area contributed by atoms with Crippen LogP contribution in [0.25, 0.3) is 0 Å². The van der Waals surface area contributed by atoms with E-state index in [2.05, 4.69) is 4.90 Å². The quantitative estimate of drug-likeness (QED) is 0.846. The summed E-state index contributed by atoms with van der Waals surface area (Å²) in [5.74, 6) is -0.378. The number of hydrogen-bond donors (Lipinski definition) is 1. The number of β-amino-alcohol motifs (C(OH)–C–C–N with tert-alkyl or cyclic N) is 1. The highest BCUT2D eigenvalue weighted by Crippen LogP contribution is 2.15. The van der Waals surface area contributed by atoms with E-state index in [1.54, 1.807) is 6.07 Å². The minimum absolute atomic E-state index is 0.284. The van der Waals surface area contributed by atoms with Gasteiger partial charge in [0, 0.05) is 13.1 Å². The normalized spacial score (nSPS) is 21.1. The van der Waals surface area contributed by atoms with Crippen LogP contribution in [-0.4, -0.2) is 29.2 Å². The zero-order valence-corrected chi connectivity index (χ0v) is 9.56. The van der Waals surface area contributed by atoms with E-state index >= 15 is 0 Å². The molecule has 3 nitrogen and oxygen atoms in total. The average Bonchev–Trinajstić information content (AvgIpc) is 2.28. The van der Waals surface area contributed by atoms with Gasteiger partial charge in [-0.2, -0.15) is 5.26 Å². The fourth-order valence-electron chi connectivity index (χ4n) is 2.24. The van der Waals surface area contributed by atoms with Crippen LogP contribution in [0.2, 0.25) is 0 Å². The minimum Gasteiger partial charge on any atom is -0.392 e. The highest BCUT2D eigenvalue weighted by molar-refractivity contribution is 5.33. The van der Waals surface area contributed by atoms with Crippen molar-refractivity contribution in [2.24, 2.45) is 0 Å². The van der Waals surface area contributed by atoms with E-state index in [0.29, 0.717) is 18.7 Å². The number of rotatable bonds is 2. The lowest BCUT2D eigenvalue weighted by molar-refractivity contribution is 0.0668. The molecule has 1 aliphatic heterocycles. The van der Waals surface area contributed by atoms with Gasteiger partial charge in [-0.25, -0.2) is 4.39 Å². The smallest absolute Gasteiger partial charge is 0.124 e. The number of benzene rings is 1. The lowest BCUT2D eigenvalue weighted by atomic mass is 10.1. The zero-order chi connectivity index (χ0) is 12.3. The number of nitrogens with zero attached hydrogens (tertiary/aromatic N) is 2. The monoisotopic (exact) mass is 234 g/mol. The summed E-state index contributed by atoms with van der Waals surface area (Å²) in [6.45, 7) is 2.12. The molecule has 1 fully saturated rings. The van der Waals surface area contributed by atoms with E-state index in [4.69, 9.17) is 5.26 Å². The molecule has 1 aromatic carbocycles. The van der Waals surface area contributed by atoms with Crippen molar-refractivity contribution in [1.82, 2.24) is 4.90 Å². The van der Waals surface area contributed by atoms with Crippen molar-refractivity contribution < 1.29 is 9.50 Å². The molecule has 0 amide bonds. The van der Waals surface area contributed by atoms with Crippen molar-refractivity contribution in [3.8, 4) is 6.07 Å². The summed E-state index contributed by atoms with van der Waals surface area (Å²) < 4.78 is 13.2. The molecule has 0 aliphatic carbocycles. The first-order chi connectivity index (χ1) is 8.17. The van der Waals surface area contributed by atoms with Crippen molar-refractivity contribution in [2.75, 3.05) is 13.1 Å². The molecule has 0 aromatic heterocycles. The second kappa shape index (κ2) is 5.26. The summed E-state index contributed by atoms with van der Waals surface area (Å²) in [6.07, 6.45) is 1.51. The zero-order valence-electron chi connectivity index (χ0n) is 9.56. The Morgan fingerprint density at radius 3 is 3.00 bits per heavy atom. The minimum atomic E-state index is -0.378. The maximum absolute atomic E-state index is 13.2. The summed E-state index contributed by atoms with van der Waals surface area (Å²) in [5, 5.41) is 18.3. The van der Waals surface area contributed by atoms with Gasteiger partial charge in [-0.05, 0) is 43.1 Å². The second-order valence-corrected chi connectivity index (χ2v) is 4.49. The van der Waals surface area contributed by atoms with Crippen LogP contribution in [-0.2, 0) is 6.54 Å². The third kappa shape index (κ3) is 3.26.